The van der Waals surface area contributed by atoms with E-state index in [1.165, 1.54) is 11.1 Å². The number of carbonyl (C=O) groups excluding carboxylic acids is 1. The molecule has 0 radical (unpaired) electrons. The summed E-state index contributed by atoms with van der Waals surface area (Å²) in [6, 6.07) is 0. The molecule has 0 amide bonds. The standard InChI is InChI=1S/C18H30O3/c1-13-8-9-14(12-20-7)18(5,6)15(13)10-11-21-16(19)17(2,3)4/h12,15H,1,8-11H2,2-7H3/b14-12-/t15-/m0/s1. The van der Waals surface area contributed by atoms with Crippen LogP contribution >= 0.6 is 0 Å². The van der Waals surface area contributed by atoms with Gasteiger partial charge in [0.15, 0.2) is 0 Å². The normalized spacial score (nSPS) is 24.0. The van der Waals surface area contributed by atoms with Crippen molar-refractivity contribution in [3.05, 3.63) is 24.0 Å². The molecule has 0 aromatic rings. The van der Waals surface area contributed by atoms with Crippen LogP contribution in [0.25, 0.3) is 0 Å². The maximum Gasteiger partial charge on any atom is 0.311 e. The van der Waals surface area contributed by atoms with E-state index in [1.54, 1.807) is 7.11 Å². The molecular formula is C18H30O3. The van der Waals surface area contributed by atoms with Crippen molar-refractivity contribution < 1.29 is 14.3 Å². The molecule has 1 rings (SSSR count). The number of methoxy groups -OCH3 is 1. The third kappa shape index (κ3) is 4.36. The highest BCUT2D eigenvalue weighted by molar-refractivity contribution is 5.75. The van der Waals surface area contributed by atoms with Crippen LogP contribution in [0, 0.1) is 16.7 Å². The van der Waals surface area contributed by atoms with Crippen LogP contribution in [-0.4, -0.2) is 19.7 Å². The number of ether oxygens (including phenoxy) is 2. The van der Waals surface area contributed by atoms with Gasteiger partial charge in [-0.2, -0.15) is 0 Å². The molecule has 0 aromatic carbocycles. The zero-order valence-corrected chi connectivity index (χ0v) is 14.4. The molecule has 1 atom stereocenters. The highest BCUT2D eigenvalue weighted by Gasteiger charge is 2.38. The first-order valence-electron chi connectivity index (χ1n) is 7.68. The van der Waals surface area contributed by atoms with Gasteiger partial charge in [0.2, 0.25) is 0 Å². The number of carbonyl (C=O) groups is 1. The molecule has 1 aliphatic carbocycles. The summed E-state index contributed by atoms with van der Waals surface area (Å²) >= 11 is 0. The molecule has 3 nitrogen and oxygen atoms in total. The summed E-state index contributed by atoms with van der Waals surface area (Å²) in [6.07, 6.45) is 4.66. The van der Waals surface area contributed by atoms with Gasteiger partial charge in [-0.1, -0.05) is 26.0 Å². The second-order valence-electron chi connectivity index (χ2n) is 7.49. The monoisotopic (exact) mass is 294 g/mol. The summed E-state index contributed by atoms with van der Waals surface area (Å²) in [4.78, 5) is 11.8. The predicted molar refractivity (Wildman–Crippen MR) is 85.8 cm³/mol. The average molecular weight is 294 g/mol. The molecule has 1 fully saturated rings. The quantitative estimate of drug-likeness (QED) is 0.435. The number of hydrogen-bond donors (Lipinski definition) is 0. The van der Waals surface area contributed by atoms with Gasteiger partial charge in [0.25, 0.3) is 0 Å². The van der Waals surface area contributed by atoms with Crippen LogP contribution < -0.4 is 0 Å². The Labute approximate surface area is 129 Å². The van der Waals surface area contributed by atoms with Gasteiger partial charge >= 0.3 is 5.97 Å². The van der Waals surface area contributed by atoms with Crippen LogP contribution in [0.15, 0.2) is 24.0 Å². The summed E-state index contributed by atoms with van der Waals surface area (Å²) in [6.45, 7) is 14.7. The first-order chi connectivity index (χ1) is 9.60. The Bertz CT molecular complexity index is 424. The minimum atomic E-state index is -0.444. The molecule has 0 saturated heterocycles. The zero-order valence-electron chi connectivity index (χ0n) is 14.4. The summed E-state index contributed by atoms with van der Waals surface area (Å²) in [7, 11) is 1.69. The van der Waals surface area contributed by atoms with Crippen molar-refractivity contribution in [1.82, 2.24) is 0 Å². The van der Waals surface area contributed by atoms with Crippen molar-refractivity contribution >= 4 is 5.97 Å². The van der Waals surface area contributed by atoms with Crippen molar-refractivity contribution in [2.45, 2.75) is 53.9 Å². The summed E-state index contributed by atoms with van der Waals surface area (Å²) in [5.41, 5.74) is 2.12. The first-order valence-corrected chi connectivity index (χ1v) is 7.68. The smallest absolute Gasteiger partial charge is 0.311 e. The van der Waals surface area contributed by atoms with Crippen molar-refractivity contribution in [1.29, 1.82) is 0 Å². The van der Waals surface area contributed by atoms with Crippen LogP contribution in [-0.2, 0) is 14.3 Å². The number of allylic oxidation sites excluding steroid dienone is 2. The second-order valence-corrected chi connectivity index (χ2v) is 7.49. The van der Waals surface area contributed by atoms with E-state index in [0.717, 1.165) is 19.3 Å². The summed E-state index contributed by atoms with van der Waals surface area (Å²) in [5, 5.41) is 0. The van der Waals surface area contributed by atoms with E-state index in [9.17, 15) is 4.79 Å². The Kier molecular flexibility index (Phi) is 5.66. The molecule has 0 aromatic heterocycles. The molecule has 21 heavy (non-hydrogen) atoms. The number of esters is 1. The Morgan fingerprint density at radius 2 is 2.00 bits per heavy atom. The third-order valence-electron chi connectivity index (χ3n) is 4.42. The highest BCUT2D eigenvalue weighted by Crippen LogP contribution is 2.48. The van der Waals surface area contributed by atoms with Crippen molar-refractivity contribution in [2.75, 3.05) is 13.7 Å². The summed E-state index contributed by atoms with van der Waals surface area (Å²) < 4.78 is 10.6. The fourth-order valence-corrected chi connectivity index (χ4v) is 2.93. The Balaban J connectivity index is 2.69. The van der Waals surface area contributed by atoms with Crippen LogP contribution in [0.1, 0.15) is 53.9 Å². The zero-order chi connectivity index (χ0) is 16.3. The average Bonchev–Trinajstić information content (AvgIpc) is 2.35. The molecule has 3 heteroatoms. The van der Waals surface area contributed by atoms with Crippen LogP contribution in [0.5, 0.6) is 0 Å². The molecule has 120 valence electrons. The lowest BCUT2D eigenvalue weighted by molar-refractivity contribution is -0.153. The molecule has 0 spiro atoms. The molecule has 0 N–H and O–H groups in total. The molecule has 0 heterocycles. The van der Waals surface area contributed by atoms with Crippen LogP contribution in [0.2, 0.25) is 0 Å². The van der Waals surface area contributed by atoms with Gasteiger partial charge in [0, 0.05) is 0 Å². The maximum atomic E-state index is 11.8. The predicted octanol–water partition coefficient (Wildman–Crippen LogP) is 4.49. The second kappa shape index (κ2) is 6.67. The van der Waals surface area contributed by atoms with Crippen molar-refractivity contribution in [3.63, 3.8) is 0 Å². The van der Waals surface area contributed by atoms with E-state index in [-0.39, 0.29) is 11.4 Å². The van der Waals surface area contributed by atoms with E-state index < -0.39 is 5.41 Å². The third-order valence-corrected chi connectivity index (χ3v) is 4.42. The lowest BCUT2D eigenvalue weighted by atomic mass is 9.63. The SMILES string of the molecule is C=C1CC/C(=C/OC)C(C)(C)[C@H]1CCOC(=O)C(C)(C)C. The maximum absolute atomic E-state index is 11.8. The van der Waals surface area contributed by atoms with Crippen LogP contribution in [0.4, 0.5) is 0 Å². The van der Waals surface area contributed by atoms with Crippen molar-refractivity contribution in [3.8, 4) is 0 Å². The van der Waals surface area contributed by atoms with Crippen molar-refractivity contribution in [2.24, 2.45) is 16.7 Å². The molecule has 0 bridgehead atoms. The minimum absolute atomic E-state index is 0.000512. The lowest BCUT2D eigenvalue weighted by Crippen LogP contribution is -2.33. The minimum Gasteiger partial charge on any atom is -0.504 e. The lowest BCUT2D eigenvalue weighted by Gasteiger charge is -2.42. The van der Waals surface area contributed by atoms with E-state index in [2.05, 4.69) is 20.4 Å². The Morgan fingerprint density at radius 1 is 1.38 bits per heavy atom. The topological polar surface area (TPSA) is 35.5 Å². The fourth-order valence-electron chi connectivity index (χ4n) is 2.93. The van der Waals surface area contributed by atoms with E-state index in [0.29, 0.717) is 12.5 Å². The van der Waals surface area contributed by atoms with Gasteiger partial charge in [-0.3, -0.25) is 4.79 Å². The van der Waals surface area contributed by atoms with E-state index in [4.69, 9.17) is 9.47 Å². The molecule has 1 aliphatic rings. The van der Waals surface area contributed by atoms with Gasteiger partial charge in [-0.15, -0.1) is 0 Å². The Hall–Kier alpha value is -1.25. The fraction of sp³-hybridized carbons (Fsp3) is 0.722. The van der Waals surface area contributed by atoms with Crippen LogP contribution in [0.3, 0.4) is 0 Å². The molecular weight excluding hydrogens is 264 g/mol. The highest BCUT2D eigenvalue weighted by atomic mass is 16.5. The first kappa shape index (κ1) is 17.8. The van der Waals surface area contributed by atoms with Gasteiger partial charge in [0.05, 0.1) is 25.4 Å². The van der Waals surface area contributed by atoms with Gasteiger partial charge in [-0.25, -0.2) is 0 Å². The van der Waals surface area contributed by atoms with Gasteiger partial charge in [0.1, 0.15) is 0 Å². The molecule has 0 aliphatic heterocycles. The Morgan fingerprint density at radius 3 is 2.52 bits per heavy atom. The molecule has 0 unspecified atom stereocenters. The van der Waals surface area contributed by atoms with E-state index in [1.807, 2.05) is 27.0 Å². The van der Waals surface area contributed by atoms with E-state index >= 15 is 0 Å². The number of rotatable bonds is 4. The number of hydrogen-bond acceptors (Lipinski definition) is 3. The largest absolute Gasteiger partial charge is 0.504 e. The molecule has 1 saturated carbocycles. The van der Waals surface area contributed by atoms with Gasteiger partial charge in [-0.05, 0) is 56.9 Å². The van der Waals surface area contributed by atoms with Gasteiger partial charge < -0.3 is 9.47 Å². The summed E-state index contributed by atoms with van der Waals surface area (Å²) in [5.74, 6) is 0.176.